The summed E-state index contributed by atoms with van der Waals surface area (Å²) in [6.45, 7) is 3.71. The van der Waals surface area contributed by atoms with Crippen LogP contribution in [0, 0.1) is 0 Å². The summed E-state index contributed by atoms with van der Waals surface area (Å²) in [4.78, 5) is 33.0. The first-order valence-corrected chi connectivity index (χ1v) is 11.0. The van der Waals surface area contributed by atoms with Crippen molar-refractivity contribution in [2.45, 2.75) is 32.5 Å². The minimum atomic E-state index is -4.42. The number of carbonyl (C=O) groups is 2. The number of fused-ring (bicyclic) bond motifs is 1. The SMILES string of the molecule is CC(C)NC(=O)n1ccc2c(Oc3ccc(NC(=O)Cc4ccc(C(F)(F)F)cc4)cc3)ncnc21. The molecule has 2 N–H and O–H groups in total. The van der Waals surface area contributed by atoms with Crippen LogP contribution in [0.5, 0.6) is 11.6 Å². The van der Waals surface area contributed by atoms with Crippen LogP contribution in [-0.2, 0) is 17.4 Å². The maximum Gasteiger partial charge on any atom is 0.416 e. The number of rotatable bonds is 6. The van der Waals surface area contributed by atoms with Gasteiger partial charge in [0.2, 0.25) is 11.8 Å². The summed E-state index contributed by atoms with van der Waals surface area (Å²) in [6.07, 6.45) is -1.61. The van der Waals surface area contributed by atoms with E-state index in [1.54, 1.807) is 36.5 Å². The van der Waals surface area contributed by atoms with E-state index in [4.69, 9.17) is 4.74 Å². The number of nitrogens with zero attached hydrogens (tertiary/aromatic N) is 3. The maximum atomic E-state index is 12.7. The molecule has 0 aliphatic heterocycles. The molecule has 0 saturated carbocycles. The lowest BCUT2D eigenvalue weighted by atomic mass is 10.1. The van der Waals surface area contributed by atoms with E-state index in [-0.39, 0.29) is 30.3 Å². The first kappa shape index (κ1) is 24.7. The summed E-state index contributed by atoms with van der Waals surface area (Å²) in [7, 11) is 0. The first-order valence-electron chi connectivity index (χ1n) is 11.0. The molecule has 4 aromatic rings. The first-order chi connectivity index (χ1) is 17.1. The molecule has 11 heteroatoms. The van der Waals surface area contributed by atoms with Gasteiger partial charge in [-0.25, -0.2) is 14.8 Å². The number of halogens is 3. The highest BCUT2D eigenvalue weighted by Gasteiger charge is 2.30. The van der Waals surface area contributed by atoms with Gasteiger partial charge in [-0.2, -0.15) is 13.2 Å². The molecule has 36 heavy (non-hydrogen) atoms. The molecule has 186 valence electrons. The lowest BCUT2D eigenvalue weighted by molar-refractivity contribution is -0.137. The van der Waals surface area contributed by atoms with Crippen molar-refractivity contribution in [2.24, 2.45) is 0 Å². The third-order valence-corrected chi connectivity index (χ3v) is 5.07. The molecule has 2 heterocycles. The summed E-state index contributed by atoms with van der Waals surface area (Å²) in [5.74, 6) is 0.326. The molecule has 4 rings (SSSR count). The van der Waals surface area contributed by atoms with Gasteiger partial charge in [-0.1, -0.05) is 12.1 Å². The third-order valence-electron chi connectivity index (χ3n) is 5.07. The fourth-order valence-corrected chi connectivity index (χ4v) is 3.41. The molecule has 0 unspecified atom stereocenters. The van der Waals surface area contributed by atoms with Gasteiger partial charge in [0.1, 0.15) is 12.1 Å². The van der Waals surface area contributed by atoms with Crippen molar-refractivity contribution in [3.05, 3.63) is 78.2 Å². The number of alkyl halides is 3. The van der Waals surface area contributed by atoms with Crippen LogP contribution in [0.1, 0.15) is 25.0 Å². The van der Waals surface area contributed by atoms with Crippen LogP contribution in [-0.4, -0.2) is 32.5 Å². The summed E-state index contributed by atoms with van der Waals surface area (Å²) < 4.78 is 45.3. The summed E-state index contributed by atoms with van der Waals surface area (Å²) in [6, 6.07) is 12.3. The number of ether oxygens (including phenoxy) is 1. The number of hydrogen-bond acceptors (Lipinski definition) is 5. The van der Waals surface area contributed by atoms with Gasteiger partial charge in [0.15, 0.2) is 5.65 Å². The number of nitrogens with one attached hydrogen (secondary N) is 2. The van der Waals surface area contributed by atoms with E-state index in [9.17, 15) is 22.8 Å². The number of amides is 2. The van der Waals surface area contributed by atoms with Gasteiger partial charge in [-0.3, -0.25) is 9.36 Å². The van der Waals surface area contributed by atoms with Crippen molar-refractivity contribution in [3.8, 4) is 11.6 Å². The molecular weight excluding hydrogens is 475 g/mol. The number of benzene rings is 2. The van der Waals surface area contributed by atoms with E-state index in [1.807, 2.05) is 13.8 Å². The molecule has 0 aliphatic carbocycles. The Hall–Kier alpha value is -4.41. The predicted molar refractivity (Wildman–Crippen MR) is 127 cm³/mol. The topological polar surface area (TPSA) is 98.1 Å². The molecule has 0 radical (unpaired) electrons. The molecule has 2 aromatic heterocycles. The fraction of sp³-hybridized carbons (Fsp3) is 0.200. The Kier molecular flexibility index (Phi) is 6.91. The summed E-state index contributed by atoms with van der Waals surface area (Å²) in [5.41, 5.74) is 0.578. The number of carbonyl (C=O) groups excluding carboxylic acids is 2. The zero-order chi connectivity index (χ0) is 25.9. The highest BCUT2D eigenvalue weighted by Crippen LogP contribution is 2.30. The van der Waals surface area contributed by atoms with Gasteiger partial charge in [0.05, 0.1) is 17.4 Å². The highest BCUT2D eigenvalue weighted by molar-refractivity contribution is 5.93. The number of hydrogen-bond donors (Lipinski definition) is 2. The molecule has 0 atom stereocenters. The van der Waals surface area contributed by atoms with Crippen LogP contribution >= 0.6 is 0 Å². The molecule has 0 aliphatic rings. The zero-order valence-electron chi connectivity index (χ0n) is 19.3. The molecule has 0 bridgehead atoms. The Morgan fingerprint density at radius 1 is 1.00 bits per heavy atom. The van der Waals surface area contributed by atoms with Gasteiger partial charge in [0, 0.05) is 17.9 Å². The van der Waals surface area contributed by atoms with Gasteiger partial charge >= 0.3 is 12.2 Å². The minimum Gasteiger partial charge on any atom is -0.438 e. The smallest absolute Gasteiger partial charge is 0.416 e. The number of anilines is 1. The Balaban J connectivity index is 1.40. The van der Waals surface area contributed by atoms with Crippen molar-refractivity contribution in [3.63, 3.8) is 0 Å². The van der Waals surface area contributed by atoms with E-state index >= 15 is 0 Å². The molecule has 0 fully saturated rings. The minimum absolute atomic E-state index is 0.0403. The third kappa shape index (κ3) is 5.80. The standard InChI is InChI=1S/C25H22F3N5O3/c1-15(2)31-24(35)33-12-11-20-22(33)29-14-30-23(20)36-19-9-7-18(8-10-19)32-21(34)13-16-3-5-17(6-4-16)25(26,27)28/h3-12,14-15H,13H2,1-2H3,(H,31,35)(H,32,34). The monoisotopic (exact) mass is 497 g/mol. The Morgan fingerprint density at radius 2 is 1.69 bits per heavy atom. The van der Waals surface area contributed by atoms with Crippen LogP contribution in [0.4, 0.5) is 23.7 Å². The lowest BCUT2D eigenvalue weighted by Crippen LogP contribution is -2.33. The molecule has 0 saturated heterocycles. The quantitative estimate of drug-likeness (QED) is 0.372. The van der Waals surface area contributed by atoms with Gasteiger partial charge in [-0.05, 0) is 61.9 Å². The van der Waals surface area contributed by atoms with E-state index in [1.165, 1.54) is 23.0 Å². The van der Waals surface area contributed by atoms with Crippen LogP contribution in [0.25, 0.3) is 11.0 Å². The molecule has 2 amide bonds. The average molecular weight is 497 g/mol. The van der Waals surface area contributed by atoms with E-state index < -0.39 is 11.7 Å². The second-order valence-electron chi connectivity index (χ2n) is 8.25. The average Bonchev–Trinajstić information content (AvgIpc) is 3.25. The largest absolute Gasteiger partial charge is 0.438 e. The highest BCUT2D eigenvalue weighted by atomic mass is 19.4. The summed E-state index contributed by atoms with van der Waals surface area (Å²) in [5, 5.41) is 6.04. The van der Waals surface area contributed by atoms with Crippen LogP contribution in [0.2, 0.25) is 0 Å². The second kappa shape index (κ2) is 10.1. The van der Waals surface area contributed by atoms with E-state index in [0.717, 1.165) is 12.1 Å². The van der Waals surface area contributed by atoms with Crippen molar-refractivity contribution in [2.75, 3.05) is 5.32 Å². The van der Waals surface area contributed by atoms with E-state index in [0.29, 0.717) is 28.0 Å². The van der Waals surface area contributed by atoms with E-state index in [2.05, 4.69) is 20.6 Å². The molecule has 2 aromatic carbocycles. The second-order valence-corrected chi connectivity index (χ2v) is 8.25. The predicted octanol–water partition coefficient (Wildman–Crippen LogP) is 5.39. The summed E-state index contributed by atoms with van der Waals surface area (Å²) >= 11 is 0. The fourth-order valence-electron chi connectivity index (χ4n) is 3.41. The Morgan fingerprint density at radius 3 is 2.33 bits per heavy atom. The van der Waals surface area contributed by atoms with Crippen molar-refractivity contribution in [1.82, 2.24) is 19.9 Å². The van der Waals surface area contributed by atoms with Crippen LogP contribution < -0.4 is 15.4 Å². The lowest BCUT2D eigenvalue weighted by Gasteiger charge is -2.10. The van der Waals surface area contributed by atoms with Crippen molar-refractivity contribution >= 4 is 28.7 Å². The van der Waals surface area contributed by atoms with Gasteiger partial charge in [0.25, 0.3) is 0 Å². The van der Waals surface area contributed by atoms with Crippen molar-refractivity contribution < 1.29 is 27.5 Å². The Labute approximate surface area is 204 Å². The number of aromatic nitrogens is 3. The van der Waals surface area contributed by atoms with Gasteiger partial charge in [-0.15, -0.1) is 0 Å². The molecular formula is C25H22F3N5O3. The maximum absolute atomic E-state index is 12.7. The van der Waals surface area contributed by atoms with Gasteiger partial charge < -0.3 is 15.4 Å². The molecule has 8 nitrogen and oxygen atoms in total. The van der Waals surface area contributed by atoms with Crippen LogP contribution in [0.3, 0.4) is 0 Å². The molecule has 0 spiro atoms. The van der Waals surface area contributed by atoms with Crippen molar-refractivity contribution in [1.29, 1.82) is 0 Å². The van der Waals surface area contributed by atoms with Crippen LogP contribution in [0.15, 0.2) is 67.1 Å². The Bertz CT molecular complexity index is 1380. The normalized spacial score (nSPS) is 11.5. The zero-order valence-corrected chi connectivity index (χ0v) is 19.3.